The lowest BCUT2D eigenvalue weighted by molar-refractivity contribution is 0.0558. The largest absolute Gasteiger partial charge is 0.329 e. The van der Waals surface area contributed by atoms with Crippen molar-refractivity contribution in [1.29, 1.82) is 0 Å². The zero-order valence-corrected chi connectivity index (χ0v) is 15.8. The molecule has 134 valence electrons. The lowest BCUT2D eigenvalue weighted by atomic mass is 10.0. The molecule has 1 heterocycles. The number of fused-ring (bicyclic) bond motifs is 1. The van der Waals surface area contributed by atoms with Crippen molar-refractivity contribution in [3.63, 3.8) is 0 Å². The predicted molar refractivity (Wildman–Crippen MR) is 106 cm³/mol. The summed E-state index contributed by atoms with van der Waals surface area (Å²) in [6.45, 7) is 6.03. The first-order chi connectivity index (χ1) is 12.3. The number of carbonyl (C=O) groups is 1. The number of benzene rings is 2. The van der Waals surface area contributed by atoms with E-state index in [1.807, 2.05) is 51.1 Å². The Kier molecular flexibility index (Phi) is 4.88. The molecule has 0 radical (unpaired) electrons. The normalized spacial score (nSPS) is 11.5. The van der Waals surface area contributed by atoms with Gasteiger partial charge in [-0.1, -0.05) is 41.9 Å². The first kappa shape index (κ1) is 18.2. The van der Waals surface area contributed by atoms with E-state index in [9.17, 15) is 9.59 Å². The molecule has 26 heavy (non-hydrogen) atoms. The molecule has 2 aromatic carbocycles. The predicted octanol–water partition coefficient (Wildman–Crippen LogP) is 4.62. The van der Waals surface area contributed by atoms with Gasteiger partial charge in [0.2, 0.25) is 0 Å². The van der Waals surface area contributed by atoms with Crippen molar-refractivity contribution < 1.29 is 4.79 Å². The molecule has 0 saturated heterocycles. The standard InChI is InChI=1S/C21H21ClN2O2/c1-21(2,3)24(20(26)16-9-5-6-10-17(16)22)13-15-12-14-8-4-7-11-18(14)23-19(15)25/h4-12H,13H2,1-3H3,(H,23,25). The molecule has 4 nitrogen and oxygen atoms in total. The summed E-state index contributed by atoms with van der Waals surface area (Å²) in [6.07, 6.45) is 0. The Balaban J connectivity index is 2.03. The molecular weight excluding hydrogens is 348 g/mol. The SMILES string of the molecule is CC(C)(C)N(Cc1cc2ccccc2[nH]c1=O)C(=O)c1ccccc1Cl. The van der Waals surface area contributed by atoms with Gasteiger partial charge in [-0.05, 0) is 50.4 Å². The average molecular weight is 369 g/mol. The number of rotatable bonds is 3. The second kappa shape index (κ2) is 6.96. The van der Waals surface area contributed by atoms with Gasteiger partial charge in [-0.25, -0.2) is 0 Å². The highest BCUT2D eigenvalue weighted by Gasteiger charge is 2.29. The van der Waals surface area contributed by atoms with Gasteiger partial charge in [0.05, 0.1) is 17.1 Å². The molecule has 0 atom stereocenters. The second-order valence-corrected chi connectivity index (χ2v) is 7.66. The van der Waals surface area contributed by atoms with Crippen LogP contribution in [0.5, 0.6) is 0 Å². The lowest BCUT2D eigenvalue weighted by Gasteiger charge is -2.36. The number of pyridine rings is 1. The minimum absolute atomic E-state index is 0.190. The van der Waals surface area contributed by atoms with E-state index >= 15 is 0 Å². The third-order valence-electron chi connectivity index (χ3n) is 4.32. The number of halogens is 1. The number of hydrogen-bond donors (Lipinski definition) is 1. The summed E-state index contributed by atoms with van der Waals surface area (Å²) in [5.74, 6) is -0.198. The lowest BCUT2D eigenvalue weighted by Crippen LogP contribution is -2.46. The van der Waals surface area contributed by atoms with Crippen molar-refractivity contribution in [2.75, 3.05) is 0 Å². The second-order valence-electron chi connectivity index (χ2n) is 7.25. The highest BCUT2D eigenvalue weighted by molar-refractivity contribution is 6.33. The molecule has 1 amide bonds. The highest BCUT2D eigenvalue weighted by Crippen LogP contribution is 2.24. The molecule has 3 aromatic rings. The summed E-state index contributed by atoms with van der Waals surface area (Å²) in [5.41, 5.74) is 1.08. The van der Waals surface area contributed by atoms with Crippen LogP contribution in [0.4, 0.5) is 0 Å². The fourth-order valence-corrected chi connectivity index (χ4v) is 3.09. The first-order valence-corrected chi connectivity index (χ1v) is 8.82. The van der Waals surface area contributed by atoms with E-state index in [-0.39, 0.29) is 18.0 Å². The number of nitrogens with zero attached hydrogens (tertiary/aromatic N) is 1. The molecule has 1 aromatic heterocycles. The van der Waals surface area contributed by atoms with Crippen molar-refractivity contribution in [3.05, 3.63) is 81.1 Å². The van der Waals surface area contributed by atoms with E-state index < -0.39 is 5.54 Å². The fourth-order valence-electron chi connectivity index (χ4n) is 2.87. The Morgan fingerprint density at radius 2 is 1.73 bits per heavy atom. The van der Waals surface area contributed by atoms with Gasteiger partial charge in [0.25, 0.3) is 11.5 Å². The Morgan fingerprint density at radius 1 is 1.08 bits per heavy atom. The molecule has 5 heteroatoms. The molecule has 0 fully saturated rings. The zero-order valence-electron chi connectivity index (χ0n) is 15.0. The first-order valence-electron chi connectivity index (χ1n) is 8.45. The number of amides is 1. The molecule has 0 saturated carbocycles. The van der Waals surface area contributed by atoms with Crippen LogP contribution in [-0.2, 0) is 6.54 Å². The molecular formula is C21H21ClN2O2. The van der Waals surface area contributed by atoms with Crippen molar-refractivity contribution in [1.82, 2.24) is 9.88 Å². The van der Waals surface area contributed by atoms with Crippen LogP contribution < -0.4 is 5.56 Å². The van der Waals surface area contributed by atoms with E-state index in [1.54, 1.807) is 29.2 Å². The summed E-state index contributed by atoms with van der Waals surface area (Å²) in [5, 5.41) is 1.33. The number of aromatic nitrogens is 1. The quantitative estimate of drug-likeness (QED) is 0.733. The number of hydrogen-bond acceptors (Lipinski definition) is 2. The van der Waals surface area contributed by atoms with Crippen molar-refractivity contribution in [3.8, 4) is 0 Å². The van der Waals surface area contributed by atoms with Crippen LogP contribution in [0.15, 0.2) is 59.4 Å². The Labute approximate surface area is 157 Å². The maximum atomic E-state index is 13.1. The summed E-state index contributed by atoms with van der Waals surface area (Å²) >= 11 is 6.21. The number of nitrogens with one attached hydrogen (secondary N) is 1. The van der Waals surface area contributed by atoms with Gasteiger partial charge >= 0.3 is 0 Å². The molecule has 1 N–H and O–H groups in total. The van der Waals surface area contributed by atoms with Gasteiger partial charge < -0.3 is 9.88 Å². The third kappa shape index (κ3) is 3.65. The van der Waals surface area contributed by atoms with E-state index in [0.29, 0.717) is 16.1 Å². The van der Waals surface area contributed by atoms with Gasteiger partial charge in [-0.3, -0.25) is 9.59 Å². The van der Waals surface area contributed by atoms with Crippen LogP contribution in [0.1, 0.15) is 36.7 Å². The summed E-state index contributed by atoms with van der Waals surface area (Å²) < 4.78 is 0. The molecule has 3 rings (SSSR count). The monoisotopic (exact) mass is 368 g/mol. The van der Waals surface area contributed by atoms with Crippen LogP contribution in [0, 0.1) is 0 Å². The number of carbonyl (C=O) groups excluding carboxylic acids is 1. The third-order valence-corrected chi connectivity index (χ3v) is 4.65. The highest BCUT2D eigenvalue weighted by atomic mass is 35.5. The molecule has 0 spiro atoms. The summed E-state index contributed by atoms with van der Waals surface area (Å²) in [4.78, 5) is 30.2. The van der Waals surface area contributed by atoms with E-state index in [4.69, 9.17) is 11.6 Å². The van der Waals surface area contributed by atoms with Gasteiger partial charge in [0.15, 0.2) is 0 Å². The number of H-pyrrole nitrogens is 1. The zero-order chi connectivity index (χ0) is 18.9. The molecule has 0 bridgehead atoms. The maximum Gasteiger partial charge on any atom is 0.256 e. The van der Waals surface area contributed by atoms with Gasteiger partial charge in [0, 0.05) is 16.6 Å². The van der Waals surface area contributed by atoms with E-state index in [1.165, 1.54) is 0 Å². The van der Waals surface area contributed by atoms with Crippen LogP contribution in [0.2, 0.25) is 5.02 Å². The summed E-state index contributed by atoms with van der Waals surface area (Å²) in [6, 6.07) is 16.4. The molecule has 0 aliphatic rings. The Bertz CT molecular complexity index is 1020. The minimum Gasteiger partial charge on any atom is -0.329 e. The molecule has 0 aliphatic heterocycles. The van der Waals surface area contributed by atoms with E-state index in [0.717, 1.165) is 10.9 Å². The van der Waals surface area contributed by atoms with Crippen molar-refractivity contribution in [2.45, 2.75) is 32.9 Å². The van der Waals surface area contributed by atoms with E-state index in [2.05, 4.69) is 4.98 Å². The molecule has 0 aliphatic carbocycles. The van der Waals surface area contributed by atoms with Crippen LogP contribution in [0.3, 0.4) is 0 Å². The Hall–Kier alpha value is -2.59. The van der Waals surface area contributed by atoms with Crippen LogP contribution >= 0.6 is 11.6 Å². The van der Waals surface area contributed by atoms with Crippen LogP contribution in [-0.4, -0.2) is 21.3 Å². The van der Waals surface area contributed by atoms with Gasteiger partial charge in [-0.15, -0.1) is 0 Å². The van der Waals surface area contributed by atoms with Gasteiger partial charge in [0.1, 0.15) is 0 Å². The maximum absolute atomic E-state index is 13.1. The number of aromatic amines is 1. The Morgan fingerprint density at radius 3 is 2.42 bits per heavy atom. The number of para-hydroxylation sites is 1. The van der Waals surface area contributed by atoms with Crippen molar-refractivity contribution >= 4 is 28.4 Å². The van der Waals surface area contributed by atoms with Crippen molar-refractivity contribution in [2.24, 2.45) is 0 Å². The summed E-state index contributed by atoms with van der Waals surface area (Å²) in [7, 11) is 0. The fraction of sp³-hybridized carbons (Fsp3) is 0.238. The average Bonchev–Trinajstić information content (AvgIpc) is 2.58. The van der Waals surface area contributed by atoms with Gasteiger partial charge in [-0.2, -0.15) is 0 Å². The topological polar surface area (TPSA) is 53.2 Å². The van der Waals surface area contributed by atoms with Crippen LogP contribution in [0.25, 0.3) is 10.9 Å². The smallest absolute Gasteiger partial charge is 0.256 e. The minimum atomic E-state index is -0.478. The molecule has 0 unspecified atom stereocenters.